The summed E-state index contributed by atoms with van der Waals surface area (Å²) in [6.45, 7) is 4.95. The van der Waals surface area contributed by atoms with Crippen LogP contribution in [0.15, 0.2) is 60.1 Å². The van der Waals surface area contributed by atoms with Crippen LogP contribution in [0.4, 0.5) is 11.4 Å². The summed E-state index contributed by atoms with van der Waals surface area (Å²) in [5.41, 5.74) is 4.07. The van der Waals surface area contributed by atoms with Crippen molar-refractivity contribution >= 4 is 23.2 Å². The minimum Gasteiger partial charge on any atom is -0.326 e. The molecule has 3 nitrogen and oxygen atoms in total. The van der Waals surface area contributed by atoms with Crippen LogP contribution in [0.3, 0.4) is 0 Å². The molecule has 0 atom stereocenters. The zero-order chi connectivity index (χ0) is 14.4. The predicted octanol–water partition coefficient (Wildman–Crippen LogP) is 3.72. The van der Waals surface area contributed by atoms with Crippen molar-refractivity contribution in [1.29, 1.82) is 0 Å². The van der Waals surface area contributed by atoms with Gasteiger partial charge in [-0.3, -0.25) is 4.79 Å². The van der Waals surface area contributed by atoms with Gasteiger partial charge in [-0.2, -0.15) is 0 Å². The van der Waals surface area contributed by atoms with Crippen LogP contribution in [-0.4, -0.2) is 11.8 Å². The monoisotopic (exact) mass is 264 g/mol. The Morgan fingerprint density at radius 2 is 1.65 bits per heavy atom. The Morgan fingerprint density at radius 3 is 2.15 bits per heavy atom. The Hall–Kier alpha value is -2.64. The van der Waals surface area contributed by atoms with E-state index in [4.69, 9.17) is 0 Å². The zero-order valence-corrected chi connectivity index (χ0v) is 11.4. The molecule has 0 saturated heterocycles. The number of carbonyl (C=O) groups is 1. The predicted molar refractivity (Wildman–Crippen MR) is 82.7 cm³/mol. The van der Waals surface area contributed by atoms with E-state index in [-0.39, 0.29) is 5.91 Å². The molecule has 1 N–H and O–H groups in total. The third-order valence-electron chi connectivity index (χ3n) is 2.83. The highest BCUT2D eigenvalue weighted by molar-refractivity contribution is 5.88. The molecule has 0 fully saturated rings. The van der Waals surface area contributed by atoms with Gasteiger partial charge in [0.1, 0.15) is 0 Å². The molecule has 0 spiro atoms. The number of hydrogen-bond acceptors (Lipinski definition) is 2. The first-order chi connectivity index (χ1) is 9.67. The summed E-state index contributed by atoms with van der Waals surface area (Å²) in [5.74, 6) is 2.46. The molecule has 100 valence electrons. The molecule has 2 rings (SSSR count). The molecular formula is C17H16N2O. The van der Waals surface area contributed by atoms with Gasteiger partial charge >= 0.3 is 0 Å². The van der Waals surface area contributed by atoms with Gasteiger partial charge in [-0.25, -0.2) is 4.99 Å². The van der Waals surface area contributed by atoms with Gasteiger partial charge in [-0.15, -0.1) is 0 Å². The zero-order valence-electron chi connectivity index (χ0n) is 11.4. The molecule has 0 saturated carbocycles. The number of amides is 1. The standard InChI is InChI=1S/C17H16N2O/c1-3-18-16-8-4-14(5-9-16)12-15-6-10-17(11-7-15)19-13(2)20/h4-11H,1,12H2,2H3,(H,19,20). The maximum atomic E-state index is 10.9. The van der Waals surface area contributed by atoms with Gasteiger partial charge in [0.25, 0.3) is 0 Å². The van der Waals surface area contributed by atoms with Crippen molar-refractivity contribution < 1.29 is 4.79 Å². The summed E-state index contributed by atoms with van der Waals surface area (Å²) in [4.78, 5) is 14.9. The summed E-state index contributed by atoms with van der Waals surface area (Å²) in [6, 6.07) is 15.8. The van der Waals surface area contributed by atoms with Gasteiger partial charge < -0.3 is 5.32 Å². The molecule has 0 heterocycles. The lowest BCUT2D eigenvalue weighted by atomic mass is 10.0. The van der Waals surface area contributed by atoms with Gasteiger partial charge in [-0.1, -0.05) is 24.3 Å². The van der Waals surface area contributed by atoms with Crippen LogP contribution < -0.4 is 5.32 Å². The minimum absolute atomic E-state index is 0.0592. The van der Waals surface area contributed by atoms with E-state index in [0.717, 1.165) is 17.8 Å². The van der Waals surface area contributed by atoms with E-state index in [1.165, 1.54) is 18.1 Å². The molecule has 0 aromatic heterocycles. The van der Waals surface area contributed by atoms with Crippen molar-refractivity contribution in [2.75, 3.05) is 5.32 Å². The normalized spacial score (nSPS) is 9.65. The average molecular weight is 264 g/mol. The van der Waals surface area contributed by atoms with Gasteiger partial charge in [0.05, 0.1) is 5.69 Å². The van der Waals surface area contributed by atoms with E-state index < -0.39 is 0 Å². The van der Waals surface area contributed by atoms with Crippen molar-refractivity contribution in [3.8, 4) is 0 Å². The van der Waals surface area contributed by atoms with Crippen LogP contribution in [0.1, 0.15) is 18.1 Å². The molecular weight excluding hydrogens is 248 g/mol. The maximum Gasteiger partial charge on any atom is 0.221 e. The molecule has 0 aliphatic carbocycles. The number of rotatable bonds is 4. The van der Waals surface area contributed by atoms with Crippen molar-refractivity contribution in [2.45, 2.75) is 13.3 Å². The summed E-state index contributed by atoms with van der Waals surface area (Å²) in [6.07, 6.45) is 0.846. The molecule has 0 aliphatic heterocycles. The van der Waals surface area contributed by atoms with Crippen LogP contribution in [0.25, 0.3) is 0 Å². The Bertz CT molecular complexity index is 636. The first kappa shape index (κ1) is 13.8. The van der Waals surface area contributed by atoms with Crippen molar-refractivity contribution in [2.24, 2.45) is 4.99 Å². The molecule has 0 bridgehead atoms. The van der Waals surface area contributed by atoms with Gasteiger partial charge in [0.15, 0.2) is 0 Å². The SMILES string of the molecule is C=C=Nc1ccc(Cc2ccc(NC(C)=O)cc2)cc1. The first-order valence-corrected chi connectivity index (χ1v) is 6.35. The Labute approximate surface area is 118 Å². The van der Waals surface area contributed by atoms with E-state index >= 15 is 0 Å². The highest BCUT2D eigenvalue weighted by atomic mass is 16.1. The van der Waals surface area contributed by atoms with Crippen molar-refractivity contribution in [3.63, 3.8) is 0 Å². The molecule has 0 radical (unpaired) electrons. The van der Waals surface area contributed by atoms with Gasteiger partial charge in [-0.05, 0) is 54.3 Å². The lowest BCUT2D eigenvalue weighted by Gasteiger charge is -2.05. The third kappa shape index (κ3) is 3.94. The summed E-state index contributed by atoms with van der Waals surface area (Å²) in [7, 11) is 0. The Morgan fingerprint density at radius 1 is 1.10 bits per heavy atom. The van der Waals surface area contributed by atoms with Crippen molar-refractivity contribution in [1.82, 2.24) is 0 Å². The lowest BCUT2D eigenvalue weighted by molar-refractivity contribution is -0.114. The number of benzene rings is 2. The van der Waals surface area contributed by atoms with Crippen LogP contribution in [-0.2, 0) is 11.2 Å². The van der Waals surface area contributed by atoms with E-state index in [2.05, 4.69) is 22.8 Å². The molecule has 20 heavy (non-hydrogen) atoms. The molecule has 2 aromatic rings. The van der Waals surface area contributed by atoms with Crippen molar-refractivity contribution in [3.05, 3.63) is 66.2 Å². The fraction of sp³-hybridized carbons (Fsp3) is 0.118. The van der Waals surface area contributed by atoms with E-state index in [1.54, 1.807) is 0 Å². The quantitative estimate of drug-likeness (QED) is 0.840. The highest BCUT2D eigenvalue weighted by Gasteiger charge is 1.99. The second kappa shape index (κ2) is 6.50. The topological polar surface area (TPSA) is 41.5 Å². The summed E-state index contributed by atoms with van der Waals surface area (Å²) >= 11 is 0. The fourth-order valence-electron chi connectivity index (χ4n) is 1.92. The fourth-order valence-corrected chi connectivity index (χ4v) is 1.92. The summed E-state index contributed by atoms with van der Waals surface area (Å²) in [5, 5.41) is 2.75. The molecule has 2 aromatic carbocycles. The highest BCUT2D eigenvalue weighted by Crippen LogP contribution is 2.17. The van der Waals surface area contributed by atoms with Crippen LogP contribution >= 0.6 is 0 Å². The summed E-state index contributed by atoms with van der Waals surface area (Å²) < 4.78 is 0. The minimum atomic E-state index is -0.0592. The second-order valence-corrected chi connectivity index (χ2v) is 4.49. The van der Waals surface area contributed by atoms with E-state index in [1.807, 2.05) is 48.5 Å². The Balaban J connectivity index is 2.05. The average Bonchev–Trinajstić information content (AvgIpc) is 2.43. The van der Waals surface area contributed by atoms with Crippen LogP contribution in [0.2, 0.25) is 0 Å². The number of nitrogens with zero attached hydrogens (tertiary/aromatic N) is 1. The second-order valence-electron chi connectivity index (χ2n) is 4.49. The van der Waals surface area contributed by atoms with Crippen LogP contribution in [0.5, 0.6) is 0 Å². The number of hydrogen-bond donors (Lipinski definition) is 1. The molecule has 0 aliphatic rings. The number of nitrogens with one attached hydrogen (secondary N) is 1. The maximum absolute atomic E-state index is 10.9. The number of anilines is 1. The van der Waals surface area contributed by atoms with E-state index in [9.17, 15) is 4.79 Å². The number of aliphatic imine (C=N–C) groups is 1. The third-order valence-corrected chi connectivity index (χ3v) is 2.83. The largest absolute Gasteiger partial charge is 0.326 e. The van der Waals surface area contributed by atoms with Gasteiger partial charge in [0.2, 0.25) is 5.91 Å². The molecule has 3 heteroatoms. The number of carbonyl (C=O) groups excluding carboxylic acids is 1. The van der Waals surface area contributed by atoms with E-state index in [0.29, 0.717) is 0 Å². The first-order valence-electron chi connectivity index (χ1n) is 6.35. The molecule has 0 unspecified atom stereocenters. The lowest BCUT2D eigenvalue weighted by Crippen LogP contribution is -2.05. The Kier molecular flexibility index (Phi) is 4.48. The van der Waals surface area contributed by atoms with Crippen LogP contribution in [0, 0.1) is 0 Å². The smallest absolute Gasteiger partial charge is 0.221 e. The molecule has 1 amide bonds. The van der Waals surface area contributed by atoms with Gasteiger partial charge in [0, 0.05) is 12.6 Å².